The summed E-state index contributed by atoms with van der Waals surface area (Å²) in [6, 6.07) is 13.4. The molecule has 5 nitrogen and oxygen atoms in total. The van der Waals surface area contributed by atoms with Gasteiger partial charge in [0.15, 0.2) is 11.5 Å². The number of aromatic nitrogens is 2. The Morgan fingerprint density at radius 1 is 1.14 bits per heavy atom. The van der Waals surface area contributed by atoms with Crippen molar-refractivity contribution in [3.63, 3.8) is 0 Å². The summed E-state index contributed by atoms with van der Waals surface area (Å²) in [5.41, 5.74) is 1.80. The van der Waals surface area contributed by atoms with E-state index in [2.05, 4.69) is 5.10 Å². The molecule has 0 spiro atoms. The van der Waals surface area contributed by atoms with Gasteiger partial charge in [-0.25, -0.2) is 0 Å². The van der Waals surface area contributed by atoms with Crippen molar-refractivity contribution in [2.75, 3.05) is 6.79 Å². The lowest BCUT2D eigenvalue weighted by molar-refractivity contribution is 0.152. The van der Waals surface area contributed by atoms with Gasteiger partial charge < -0.3 is 14.6 Å². The Bertz CT molecular complexity index is 797. The fraction of sp³-hybridized carbons (Fsp3) is 0.188. The second kappa shape index (κ2) is 4.79. The lowest BCUT2D eigenvalue weighted by Crippen LogP contribution is -2.09. The van der Waals surface area contributed by atoms with Crippen LogP contribution in [0.4, 0.5) is 0 Å². The third-order valence-corrected chi connectivity index (χ3v) is 3.68. The monoisotopic (exact) mass is 282 g/mol. The highest BCUT2D eigenvalue weighted by Gasteiger charge is 2.17. The van der Waals surface area contributed by atoms with Crippen LogP contribution in [-0.2, 0) is 6.54 Å². The van der Waals surface area contributed by atoms with Crippen LogP contribution in [0, 0.1) is 0 Å². The summed E-state index contributed by atoms with van der Waals surface area (Å²) in [5, 5.41) is 15.8. The summed E-state index contributed by atoms with van der Waals surface area (Å²) in [6.45, 7) is 0.631. The lowest BCUT2D eigenvalue weighted by Gasteiger charge is -2.12. The van der Waals surface area contributed by atoms with Gasteiger partial charge in [0.25, 0.3) is 0 Å². The first kappa shape index (κ1) is 12.2. The second-order valence-corrected chi connectivity index (χ2v) is 5.01. The molecule has 106 valence electrons. The molecule has 21 heavy (non-hydrogen) atoms. The minimum atomic E-state index is -0.650. The zero-order valence-corrected chi connectivity index (χ0v) is 11.3. The summed E-state index contributed by atoms with van der Waals surface area (Å²) >= 11 is 0. The molecule has 1 aromatic heterocycles. The predicted octanol–water partition coefficient (Wildman–Crippen LogP) is 2.50. The van der Waals surface area contributed by atoms with Crippen LogP contribution >= 0.6 is 0 Å². The molecule has 1 aliphatic heterocycles. The molecule has 2 aromatic carbocycles. The third-order valence-electron chi connectivity index (χ3n) is 3.68. The van der Waals surface area contributed by atoms with E-state index in [1.807, 2.05) is 53.3 Å². The van der Waals surface area contributed by atoms with Crippen molar-refractivity contribution in [1.29, 1.82) is 0 Å². The highest BCUT2D eigenvalue weighted by atomic mass is 16.7. The first-order valence-electron chi connectivity index (χ1n) is 6.79. The van der Waals surface area contributed by atoms with Gasteiger partial charge in [-0.1, -0.05) is 24.3 Å². The summed E-state index contributed by atoms with van der Waals surface area (Å²) in [6.07, 6.45) is 1.16. The number of hydrogen-bond acceptors (Lipinski definition) is 4. The van der Waals surface area contributed by atoms with E-state index in [9.17, 15) is 5.11 Å². The van der Waals surface area contributed by atoms with Crippen molar-refractivity contribution in [3.05, 3.63) is 54.2 Å². The Kier molecular flexibility index (Phi) is 2.79. The second-order valence-electron chi connectivity index (χ2n) is 5.01. The van der Waals surface area contributed by atoms with Crippen LogP contribution in [0.1, 0.15) is 11.7 Å². The molecule has 1 N–H and O–H groups in total. The SMILES string of the molecule is OC(Cn1ncc2ccccc21)c1ccc2c(c1)OCO2. The first-order chi connectivity index (χ1) is 10.3. The Morgan fingerprint density at radius 3 is 2.95 bits per heavy atom. The number of rotatable bonds is 3. The molecule has 2 heterocycles. The number of aliphatic hydroxyl groups is 1. The van der Waals surface area contributed by atoms with Crippen LogP contribution in [0.5, 0.6) is 11.5 Å². The van der Waals surface area contributed by atoms with Gasteiger partial charge in [-0.3, -0.25) is 4.68 Å². The largest absolute Gasteiger partial charge is 0.454 e. The number of aliphatic hydroxyl groups excluding tert-OH is 1. The van der Waals surface area contributed by atoms with Gasteiger partial charge in [0.2, 0.25) is 6.79 Å². The van der Waals surface area contributed by atoms with Crippen molar-refractivity contribution in [2.45, 2.75) is 12.6 Å². The Labute approximate surface area is 121 Å². The van der Waals surface area contributed by atoms with E-state index < -0.39 is 6.10 Å². The van der Waals surface area contributed by atoms with Crippen LogP contribution in [-0.4, -0.2) is 21.7 Å². The van der Waals surface area contributed by atoms with Crippen molar-refractivity contribution < 1.29 is 14.6 Å². The number of fused-ring (bicyclic) bond motifs is 2. The Hall–Kier alpha value is -2.53. The molecule has 1 aliphatic rings. The van der Waals surface area contributed by atoms with Crippen LogP contribution < -0.4 is 9.47 Å². The van der Waals surface area contributed by atoms with Gasteiger partial charge in [-0.15, -0.1) is 0 Å². The summed E-state index contributed by atoms with van der Waals surface area (Å²) < 4.78 is 12.4. The average Bonchev–Trinajstić information content (AvgIpc) is 3.13. The molecule has 3 aromatic rings. The van der Waals surface area contributed by atoms with Crippen molar-refractivity contribution in [3.8, 4) is 11.5 Å². The maximum atomic E-state index is 10.4. The fourth-order valence-corrected chi connectivity index (χ4v) is 2.56. The van der Waals surface area contributed by atoms with Gasteiger partial charge in [-0.2, -0.15) is 5.10 Å². The highest BCUT2D eigenvalue weighted by Crippen LogP contribution is 2.34. The minimum absolute atomic E-state index is 0.235. The summed E-state index contributed by atoms with van der Waals surface area (Å²) in [7, 11) is 0. The molecule has 0 saturated carbocycles. The van der Waals surface area contributed by atoms with Gasteiger partial charge in [0.1, 0.15) is 0 Å². The lowest BCUT2D eigenvalue weighted by atomic mass is 10.1. The molecule has 0 fully saturated rings. The fourth-order valence-electron chi connectivity index (χ4n) is 2.56. The van der Waals surface area contributed by atoms with Crippen LogP contribution in [0.15, 0.2) is 48.7 Å². The van der Waals surface area contributed by atoms with E-state index in [4.69, 9.17) is 9.47 Å². The van der Waals surface area contributed by atoms with Crippen molar-refractivity contribution >= 4 is 10.9 Å². The normalized spacial score (nSPS) is 14.5. The maximum Gasteiger partial charge on any atom is 0.231 e. The van der Waals surface area contributed by atoms with Crippen LogP contribution in [0.25, 0.3) is 10.9 Å². The molecule has 1 atom stereocenters. The molecular weight excluding hydrogens is 268 g/mol. The van der Waals surface area contributed by atoms with E-state index in [0.29, 0.717) is 12.3 Å². The zero-order chi connectivity index (χ0) is 14.2. The smallest absolute Gasteiger partial charge is 0.231 e. The molecule has 1 unspecified atom stereocenters. The standard InChI is InChI=1S/C16H14N2O3/c19-14(11-5-6-15-16(7-11)21-10-20-15)9-18-13-4-2-1-3-12(13)8-17-18/h1-8,14,19H,9-10H2. The van der Waals surface area contributed by atoms with E-state index >= 15 is 0 Å². The number of nitrogens with zero attached hydrogens (tertiary/aromatic N) is 2. The first-order valence-corrected chi connectivity index (χ1v) is 6.79. The third kappa shape index (κ3) is 2.11. The van der Waals surface area contributed by atoms with E-state index in [0.717, 1.165) is 22.2 Å². The molecule has 4 rings (SSSR count). The topological polar surface area (TPSA) is 56.5 Å². The van der Waals surface area contributed by atoms with Crippen molar-refractivity contribution in [2.24, 2.45) is 0 Å². The van der Waals surface area contributed by atoms with Gasteiger partial charge in [0.05, 0.1) is 24.4 Å². The molecule has 5 heteroatoms. The molecule has 0 aliphatic carbocycles. The quantitative estimate of drug-likeness (QED) is 0.802. The number of benzene rings is 2. The maximum absolute atomic E-state index is 10.4. The number of hydrogen-bond donors (Lipinski definition) is 1. The molecule has 0 bridgehead atoms. The number of para-hydroxylation sites is 1. The van der Waals surface area contributed by atoms with E-state index in [1.54, 1.807) is 0 Å². The van der Waals surface area contributed by atoms with Crippen LogP contribution in [0.3, 0.4) is 0 Å². The predicted molar refractivity (Wildman–Crippen MR) is 77.3 cm³/mol. The highest BCUT2D eigenvalue weighted by molar-refractivity contribution is 5.78. The summed E-state index contributed by atoms with van der Waals surface area (Å²) in [5.74, 6) is 1.40. The zero-order valence-electron chi connectivity index (χ0n) is 11.3. The van der Waals surface area contributed by atoms with Gasteiger partial charge in [0, 0.05) is 5.39 Å². The van der Waals surface area contributed by atoms with Gasteiger partial charge >= 0.3 is 0 Å². The molecule has 0 amide bonds. The average molecular weight is 282 g/mol. The van der Waals surface area contributed by atoms with Gasteiger partial charge in [-0.05, 0) is 23.8 Å². The summed E-state index contributed by atoms with van der Waals surface area (Å²) in [4.78, 5) is 0. The van der Waals surface area contributed by atoms with E-state index in [-0.39, 0.29) is 6.79 Å². The van der Waals surface area contributed by atoms with Crippen LogP contribution in [0.2, 0.25) is 0 Å². The molecular formula is C16H14N2O3. The Morgan fingerprint density at radius 2 is 2.00 bits per heavy atom. The minimum Gasteiger partial charge on any atom is -0.454 e. The molecule has 0 radical (unpaired) electrons. The van der Waals surface area contributed by atoms with E-state index in [1.165, 1.54) is 0 Å². The van der Waals surface area contributed by atoms with Crippen molar-refractivity contribution in [1.82, 2.24) is 9.78 Å². The number of ether oxygens (including phenoxy) is 2. The Balaban J connectivity index is 1.62. The molecule has 0 saturated heterocycles.